The average molecular weight is 379 g/mol. The molecule has 0 aromatic heterocycles. The highest BCUT2D eigenvalue weighted by Gasteiger charge is 2.42. The number of guanidine groups is 1. The van der Waals surface area contributed by atoms with Crippen molar-refractivity contribution in [2.75, 3.05) is 40.5 Å². The smallest absolute Gasteiger partial charge is 0.243 e. The van der Waals surface area contributed by atoms with Gasteiger partial charge in [0.25, 0.3) is 0 Å². The van der Waals surface area contributed by atoms with Gasteiger partial charge in [-0.05, 0) is 43.9 Å². The number of likely N-dealkylation sites (N-methyl/N-ethyl adjacent to an activating group) is 1. The van der Waals surface area contributed by atoms with Crippen LogP contribution in [0.5, 0.6) is 0 Å². The van der Waals surface area contributed by atoms with E-state index in [0.29, 0.717) is 18.7 Å². The fourth-order valence-corrected chi connectivity index (χ4v) is 5.23. The fraction of sp³-hybridized carbons (Fsp3) is 0.900. The zero-order chi connectivity index (χ0) is 18.9. The van der Waals surface area contributed by atoms with Crippen molar-refractivity contribution in [1.29, 1.82) is 0 Å². The monoisotopic (exact) mass is 378 g/mol. The SMILES string of the molecule is CN(C)C(=O)CN=C(NC1CCOC2(CCOC2)C1)NC1CC2CCC1C2. The van der Waals surface area contributed by atoms with Crippen molar-refractivity contribution in [2.45, 2.75) is 62.6 Å². The first-order valence-electron chi connectivity index (χ1n) is 10.5. The van der Waals surface area contributed by atoms with Gasteiger partial charge in [0.15, 0.2) is 5.96 Å². The normalized spacial score (nSPS) is 38.4. The van der Waals surface area contributed by atoms with Crippen LogP contribution in [0.1, 0.15) is 44.9 Å². The molecule has 5 atom stereocenters. The van der Waals surface area contributed by atoms with Gasteiger partial charge in [-0.2, -0.15) is 0 Å². The lowest BCUT2D eigenvalue weighted by molar-refractivity contribution is -0.127. The second-order valence-electron chi connectivity index (χ2n) is 9.05. The van der Waals surface area contributed by atoms with Crippen LogP contribution in [0.4, 0.5) is 0 Å². The largest absolute Gasteiger partial charge is 0.378 e. The first-order valence-corrected chi connectivity index (χ1v) is 10.5. The van der Waals surface area contributed by atoms with E-state index >= 15 is 0 Å². The number of nitrogens with one attached hydrogen (secondary N) is 2. The Labute approximate surface area is 162 Å². The molecule has 4 aliphatic rings. The molecule has 7 heteroatoms. The van der Waals surface area contributed by atoms with E-state index in [4.69, 9.17) is 9.47 Å². The standard InChI is InChI=1S/C20H34N4O3/c1-24(2)18(25)12-21-19(23-17-10-14-3-4-15(17)9-14)22-16-5-7-27-20(11-16)6-8-26-13-20/h14-17H,3-13H2,1-2H3,(H2,21,22,23). The molecule has 2 N–H and O–H groups in total. The van der Waals surface area contributed by atoms with Crippen molar-refractivity contribution < 1.29 is 14.3 Å². The minimum atomic E-state index is -0.132. The van der Waals surface area contributed by atoms with E-state index in [9.17, 15) is 4.79 Å². The van der Waals surface area contributed by atoms with Crippen molar-refractivity contribution in [1.82, 2.24) is 15.5 Å². The molecule has 27 heavy (non-hydrogen) atoms. The summed E-state index contributed by atoms with van der Waals surface area (Å²) in [7, 11) is 3.55. The van der Waals surface area contributed by atoms with Crippen LogP contribution in [0.25, 0.3) is 0 Å². The maximum atomic E-state index is 12.0. The number of carbonyl (C=O) groups is 1. The quantitative estimate of drug-likeness (QED) is 0.567. The Balaban J connectivity index is 1.40. The molecule has 0 radical (unpaired) electrons. The molecule has 2 aliphatic carbocycles. The molecule has 2 saturated heterocycles. The zero-order valence-corrected chi connectivity index (χ0v) is 16.7. The number of nitrogens with zero attached hydrogens (tertiary/aromatic N) is 2. The van der Waals surface area contributed by atoms with E-state index < -0.39 is 0 Å². The third kappa shape index (κ3) is 4.40. The topological polar surface area (TPSA) is 75.2 Å². The number of hydrogen-bond acceptors (Lipinski definition) is 4. The summed E-state index contributed by atoms with van der Waals surface area (Å²) in [4.78, 5) is 18.3. The summed E-state index contributed by atoms with van der Waals surface area (Å²) < 4.78 is 11.6. The summed E-state index contributed by atoms with van der Waals surface area (Å²) in [5.74, 6) is 2.45. The lowest BCUT2D eigenvalue weighted by Gasteiger charge is -2.38. The van der Waals surface area contributed by atoms with Crippen LogP contribution < -0.4 is 10.6 Å². The number of carbonyl (C=O) groups excluding carboxylic acids is 1. The zero-order valence-electron chi connectivity index (χ0n) is 16.7. The van der Waals surface area contributed by atoms with Crippen LogP contribution in [-0.2, 0) is 14.3 Å². The van der Waals surface area contributed by atoms with Gasteiger partial charge in [0.05, 0.1) is 12.2 Å². The molecule has 4 fully saturated rings. The molecule has 2 heterocycles. The Morgan fingerprint density at radius 1 is 1.19 bits per heavy atom. The van der Waals surface area contributed by atoms with Crippen LogP contribution >= 0.6 is 0 Å². The number of rotatable bonds is 4. The van der Waals surface area contributed by atoms with E-state index in [0.717, 1.165) is 50.3 Å². The van der Waals surface area contributed by atoms with Gasteiger partial charge in [-0.25, -0.2) is 4.99 Å². The summed E-state index contributed by atoms with van der Waals surface area (Å²) in [5, 5.41) is 7.28. The van der Waals surface area contributed by atoms with Crippen molar-refractivity contribution in [3.8, 4) is 0 Å². The van der Waals surface area contributed by atoms with E-state index in [1.165, 1.54) is 25.7 Å². The summed E-state index contributed by atoms with van der Waals surface area (Å²) in [6.45, 7) is 2.41. The highest BCUT2D eigenvalue weighted by atomic mass is 16.6. The molecule has 4 rings (SSSR count). The minimum Gasteiger partial charge on any atom is -0.378 e. The summed E-state index contributed by atoms with van der Waals surface area (Å²) in [5.41, 5.74) is -0.132. The van der Waals surface area contributed by atoms with E-state index in [-0.39, 0.29) is 18.1 Å². The van der Waals surface area contributed by atoms with E-state index in [1.54, 1.807) is 19.0 Å². The molecule has 152 valence electrons. The second-order valence-corrected chi connectivity index (χ2v) is 9.05. The molecule has 2 bridgehead atoms. The third-order valence-electron chi connectivity index (χ3n) is 6.83. The van der Waals surface area contributed by atoms with Crippen molar-refractivity contribution >= 4 is 11.9 Å². The predicted molar refractivity (Wildman–Crippen MR) is 104 cm³/mol. The van der Waals surface area contributed by atoms with Gasteiger partial charge in [-0.15, -0.1) is 0 Å². The average Bonchev–Trinajstić information content (AvgIpc) is 3.37. The maximum Gasteiger partial charge on any atom is 0.243 e. The van der Waals surface area contributed by atoms with E-state index in [2.05, 4.69) is 15.6 Å². The Morgan fingerprint density at radius 2 is 2.07 bits per heavy atom. The van der Waals surface area contributed by atoms with Gasteiger partial charge >= 0.3 is 0 Å². The van der Waals surface area contributed by atoms with Crippen molar-refractivity contribution in [3.63, 3.8) is 0 Å². The Hall–Kier alpha value is -1.34. The van der Waals surface area contributed by atoms with Gasteiger partial charge < -0.3 is 25.0 Å². The van der Waals surface area contributed by atoms with Crippen molar-refractivity contribution in [2.24, 2.45) is 16.8 Å². The first kappa shape index (κ1) is 19.0. The van der Waals surface area contributed by atoms with Crippen LogP contribution in [0.2, 0.25) is 0 Å². The summed E-state index contributed by atoms with van der Waals surface area (Å²) >= 11 is 0. The predicted octanol–water partition coefficient (Wildman–Crippen LogP) is 1.14. The Bertz CT molecular complexity index is 574. The molecule has 2 saturated carbocycles. The number of fused-ring (bicyclic) bond motifs is 2. The minimum absolute atomic E-state index is 0.0247. The molecule has 5 unspecified atom stereocenters. The second kappa shape index (κ2) is 7.95. The number of aliphatic imine (C=N–C) groups is 1. The summed E-state index contributed by atoms with van der Waals surface area (Å²) in [6, 6.07) is 0.799. The van der Waals surface area contributed by atoms with Gasteiger partial charge in [0.2, 0.25) is 5.91 Å². The lowest BCUT2D eigenvalue weighted by Crippen LogP contribution is -2.54. The molecule has 2 aliphatic heterocycles. The molecule has 1 spiro atoms. The van der Waals surface area contributed by atoms with E-state index in [1.807, 2.05) is 0 Å². The number of ether oxygens (including phenoxy) is 2. The third-order valence-corrected chi connectivity index (χ3v) is 6.83. The molecular formula is C20H34N4O3. The van der Waals surface area contributed by atoms with Crippen LogP contribution in [-0.4, -0.2) is 74.9 Å². The van der Waals surface area contributed by atoms with Gasteiger partial charge in [0, 0.05) is 45.8 Å². The molecular weight excluding hydrogens is 344 g/mol. The first-order chi connectivity index (χ1) is 13.0. The van der Waals surface area contributed by atoms with Crippen molar-refractivity contribution in [3.05, 3.63) is 0 Å². The Kier molecular flexibility index (Phi) is 5.60. The molecule has 1 amide bonds. The highest BCUT2D eigenvalue weighted by Crippen LogP contribution is 2.44. The molecule has 0 aromatic carbocycles. The molecule has 7 nitrogen and oxygen atoms in total. The van der Waals surface area contributed by atoms with Gasteiger partial charge in [0.1, 0.15) is 6.54 Å². The highest BCUT2D eigenvalue weighted by molar-refractivity contribution is 5.85. The maximum absolute atomic E-state index is 12.0. The number of amides is 1. The fourth-order valence-electron chi connectivity index (χ4n) is 5.23. The molecule has 0 aromatic rings. The number of hydrogen-bond donors (Lipinski definition) is 2. The lowest BCUT2D eigenvalue weighted by atomic mass is 9.90. The van der Waals surface area contributed by atoms with Gasteiger partial charge in [-0.1, -0.05) is 6.42 Å². The van der Waals surface area contributed by atoms with Gasteiger partial charge in [-0.3, -0.25) is 4.79 Å². The van der Waals surface area contributed by atoms with Crippen LogP contribution in [0, 0.1) is 11.8 Å². The summed E-state index contributed by atoms with van der Waals surface area (Å²) in [6.07, 6.45) is 8.15. The Morgan fingerprint density at radius 3 is 2.74 bits per heavy atom. The van der Waals surface area contributed by atoms with Crippen LogP contribution in [0.15, 0.2) is 4.99 Å². The van der Waals surface area contributed by atoms with Crippen LogP contribution in [0.3, 0.4) is 0 Å².